The fourth-order valence-corrected chi connectivity index (χ4v) is 2.90. The third kappa shape index (κ3) is 1.82. The molecule has 2 atom stereocenters. The standard InChI is InChI=1S/C15H20O3/c1-9(2)10-5-6-15(3)11(7-10)12(16)8-13(18-4)14(15)17/h5,8-9,11H,6-7H2,1-4H3/t11-,15-/m0/s1. The maximum atomic E-state index is 12.4. The molecule has 98 valence electrons. The van der Waals surface area contributed by atoms with Gasteiger partial charge in [0.25, 0.3) is 0 Å². The Morgan fingerprint density at radius 3 is 2.61 bits per heavy atom. The number of hydrogen-bond donors (Lipinski definition) is 0. The van der Waals surface area contributed by atoms with E-state index in [1.54, 1.807) is 0 Å². The molecule has 0 heterocycles. The van der Waals surface area contributed by atoms with Gasteiger partial charge in [-0.05, 0) is 18.8 Å². The van der Waals surface area contributed by atoms with E-state index in [9.17, 15) is 9.59 Å². The molecule has 2 rings (SSSR count). The van der Waals surface area contributed by atoms with E-state index >= 15 is 0 Å². The Balaban J connectivity index is 2.40. The van der Waals surface area contributed by atoms with Gasteiger partial charge in [-0.1, -0.05) is 32.4 Å². The van der Waals surface area contributed by atoms with Crippen molar-refractivity contribution in [2.45, 2.75) is 33.6 Å². The molecule has 0 aromatic heterocycles. The first kappa shape index (κ1) is 13.1. The SMILES string of the molecule is COC1=CC(=O)[C@@H]2CC(C(C)C)=CC[C@]2(C)C1=O. The van der Waals surface area contributed by atoms with Crippen molar-refractivity contribution >= 4 is 11.6 Å². The first-order valence-corrected chi connectivity index (χ1v) is 6.43. The Hall–Kier alpha value is -1.38. The molecular formula is C15H20O3. The van der Waals surface area contributed by atoms with Crippen molar-refractivity contribution in [3.63, 3.8) is 0 Å². The summed E-state index contributed by atoms with van der Waals surface area (Å²) in [6.07, 6.45) is 4.84. The lowest BCUT2D eigenvalue weighted by Gasteiger charge is -2.41. The summed E-state index contributed by atoms with van der Waals surface area (Å²) in [5.74, 6) is 0.422. The molecule has 18 heavy (non-hydrogen) atoms. The summed E-state index contributed by atoms with van der Waals surface area (Å²) < 4.78 is 5.03. The van der Waals surface area contributed by atoms with Crippen molar-refractivity contribution in [2.75, 3.05) is 7.11 Å². The van der Waals surface area contributed by atoms with Crippen LogP contribution in [0.4, 0.5) is 0 Å². The zero-order valence-corrected chi connectivity index (χ0v) is 11.4. The number of ketones is 2. The number of carbonyl (C=O) groups is 2. The van der Waals surface area contributed by atoms with Gasteiger partial charge in [0.05, 0.1) is 7.11 Å². The molecule has 0 aliphatic heterocycles. The Kier molecular flexibility index (Phi) is 3.18. The summed E-state index contributed by atoms with van der Waals surface area (Å²) in [6.45, 7) is 6.14. The van der Waals surface area contributed by atoms with Gasteiger partial charge < -0.3 is 4.74 Å². The first-order valence-electron chi connectivity index (χ1n) is 6.43. The molecule has 3 nitrogen and oxygen atoms in total. The largest absolute Gasteiger partial charge is 0.493 e. The molecule has 0 N–H and O–H groups in total. The van der Waals surface area contributed by atoms with E-state index in [0.717, 1.165) is 0 Å². The monoisotopic (exact) mass is 248 g/mol. The second kappa shape index (κ2) is 4.38. The van der Waals surface area contributed by atoms with E-state index in [1.165, 1.54) is 18.8 Å². The van der Waals surface area contributed by atoms with Crippen molar-refractivity contribution < 1.29 is 14.3 Å². The Bertz CT molecular complexity index is 456. The molecule has 3 heteroatoms. The number of hydrogen-bond acceptors (Lipinski definition) is 3. The highest BCUT2D eigenvalue weighted by Crippen LogP contribution is 2.47. The minimum atomic E-state index is -0.616. The van der Waals surface area contributed by atoms with Crippen molar-refractivity contribution in [2.24, 2.45) is 17.3 Å². The number of methoxy groups -OCH3 is 1. The van der Waals surface area contributed by atoms with Crippen LogP contribution in [0.25, 0.3) is 0 Å². The van der Waals surface area contributed by atoms with Gasteiger partial charge in [-0.2, -0.15) is 0 Å². The van der Waals surface area contributed by atoms with Gasteiger partial charge in [0.1, 0.15) is 0 Å². The predicted octanol–water partition coefficient (Wildman–Crippen LogP) is 2.67. The van der Waals surface area contributed by atoms with Crippen LogP contribution in [0.2, 0.25) is 0 Å². The topological polar surface area (TPSA) is 43.4 Å². The van der Waals surface area contributed by atoms with Crippen LogP contribution in [-0.2, 0) is 14.3 Å². The molecular weight excluding hydrogens is 228 g/mol. The lowest BCUT2D eigenvalue weighted by molar-refractivity contribution is -0.139. The van der Waals surface area contributed by atoms with E-state index in [2.05, 4.69) is 19.9 Å². The van der Waals surface area contributed by atoms with Gasteiger partial charge in [0.2, 0.25) is 5.78 Å². The predicted molar refractivity (Wildman–Crippen MR) is 68.9 cm³/mol. The summed E-state index contributed by atoms with van der Waals surface area (Å²) in [5, 5.41) is 0. The summed E-state index contributed by atoms with van der Waals surface area (Å²) in [4.78, 5) is 24.5. The number of ether oxygens (including phenoxy) is 1. The fraction of sp³-hybridized carbons (Fsp3) is 0.600. The molecule has 0 saturated heterocycles. The van der Waals surface area contributed by atoms with E-state index in [4.69, 9.17) is 4.74 Å². The molecule has 0 aromatic carbocycles. The first-order chi connectivity index (χ1) is 8.40. The van der Waals surface area contributed by atoms with Crippen LogP contribution in [0, 0.1) is 17.3 Å². The summed E-state index contributed by atoms with van der Waals surface area (Å²) in [6, 6.07) is 0. The van der Waals surface area contributed by atoms with E-state index in [1.807, 2.05) is 6.92 Å². The zero-order valence-electron chi connectivity index (χ0n) is 11.4. The van der Waals surface area contributed by atoms with Crippen molar-refractivity contribution in [3.05, 3.63) is 23.5 Å². The lowest BCUT2D eigenvalue weighted by atomic mass is 9.60. The Morgan fingerprint density at radius 2 is 2.06 bits per heavy atom. The summed E-state index contributed by atoms with van der Waals surface area (Å²) in [5.41, 5.74) is 0.670. The van der Waals surface area contributed by atoms with Gasteiger partial charge >= 0.3 is 0 Å². The molecule has 0 bridgehead atoms. The molecule has 0 spiro atoms. The normalized spacial score (nSPS) is 31.9. The highest BCUT2D eigenvalue weighted by Gasteiger charge is 2.50. The van der Waals surface area contributed by atoms with Gasteiger partial charge in [-0.15, -0.1) is 0 Å². The third-order valence-electron chi connectivity index (χ3n) is 4.32. The van der Waals surface area contributed by atoms with E-state index in [-0.39, 0.29) is 23.2 Å². The van der Waals surface area contributed by atoms with Gasteiger partial charge in [0, 0.05) is 17.4 Å². The minimum Gasteiger partial charge on any atom is -0.493 e. The fourth-order valence-electron chi connectivity index (χ4n) is 2.90. The lowest BCUT2D eigenvalue weighted by Crippen LogP contribution is -2.46. The highest BCUT2D eigenvalue weighted by molar-refractivity contribution is 6.11. The van der Waals surface area contributed by atoms with Crippen LogP contribution in [0.1, 0.15) is 33.6 Å². The molecule has 0 fully saturated rings. The molecule has 0 unspecified atom stereocenters. The minimum absolute atomic E-state index is 0.0280. The Labute approximate surface area is 108 Å². The van der Waals surface area contributed by atoms with Crippen LogP contribution in [-0.4, -0.2) is 18.7 Å². The number of rotatable bonds is 2. The molecule has 0 aromatic rings. The molecule has 0 saturated carbocycles. The average molecular weight is 248 g/mol. The molecule has 0 amide bonds. The molecule has 0 radical (unpaired) electrons. The van der Waals surface area contributed by atoms with Crippen molar-refractivity contribution in [3.8, 4) is 0 Å². The van der Waals surface area contributed by atoms with Crippen LogP contribution in [0.15, 0.2) is 23.5 Å². The summed E-state index contributed by atoms with van der Waals surface area (Å²) >= 11 is 0. The van der Waals surface area contributed by atoms with Crippen LogP contribution in [0.3, 0.4) is 0 Å². The second-order valence-electron chi connectivity index (χ2n) is 5.76. The molecule has 2 aliphatic rings. The highest BCUT2D eigenvalue weighted by atomic mass is 16.5. The second-order valence-corrected chi connectivity index (χ2v) is 5.76. The van der Waals surface area contributed by atoms with Crippen LogP contribution in [0.5, 0.6) is 0 Å². The van der Waals surface area contributed by atoms with Crippen molar-refractivity contribution in [1.82, 2.24) is 0 Å². The summed E-state index contributed by atoms with van der Waals surface area (Å²) in [7, 11) is 1.44. The Morgan fingerprint density at radius 1 is 1.39 bits per heavy atom. The van der Waals surface area contributed by atoms with Crippen molar-refractivity contribution in [1.29, 1.82) is 0 Å². The number of Topliss-reactive ketones (excluding diaryl/α,β-unsaturated/α-hetero) is 1. The van der Waals surface area contributed by atoms with E-state index in [0.29, 0.717) is 18.8 Å². The number of allylic oxidation sites excluding steroid dienone is 4. The van der Waals surface area contributed by atoms with Crippen LogP contribution >= 0.6 is 0 Å². The van der Waals surface area contributed by atoms with Gasteiger partial charge in [0.15, 0.2) is 11.5 Å². The maximum Gasteiger partial charge on any atom is 0.204 e. The third-order valence-corrected chi connectivity index (χ3v) is 4.32. The van der Waals surface area contributed by atoms with E-state index < -0.39 is 5.41 Å². The zero-order chi connectivity index (χ0) is 13.5. The quantitative estimate of drug-likeness (QED) is 0.706. The van der Waals surface area contributed by atoms with Gasteiger partial charge in [-0.25, -0.2) is 0 Å². The number of carbonyl (C=O) groups excluding carboxylic acids is 2. The number of fused-ring (bicyclic) bond motifs is 1. The van der Waals surface area contributed by atoms with Gasteiger partial charge in [-0.3, -0.25) is 9.59 Å². The maximum absolute atomic E-state index is 12.4. The smallest absolute Gasteiger partial charge is 0.204 e. The van der Waals surface area contributed by atoms with Crippen LogP contribution < -0.4 is 0 Å². The molecule has 2 aliphatic carbocycles. The average Bonchev–Trinajstić information content (AvgIpc) is 2.33.